The van der Waals surface area contributed by atoms with E-state index < -0.39 is 35.8 Å². The van der Waals surface area contributed by atoms with E-state index in [4.69, 9.17) is 4.74 Å². The van der Waals surface area contributed by atoms with E-state index in [1.165, 1.54) is 28.0 Å². The number of urea groups is 1. The van der Waals surface area contributed by atoms with E-state index in [0.29, 0.717) is 38.3 Å². The Morgan fingerprint density at radius 2 is 1.68 bits per heavy atom. The summed E-state index contributed by atoms with van der Waals surface area (Å²) in [5.74, 6) is 0.0517. The van der Waals surface area contributed by atoms with Crippen LogP contribution >= 0.6 is 0 Å². The third kappa shape index (κ3) is 5.81. The van der Waals surface area contributed by atoms with E-state index >= 15 is 0 Å². The lowest BCUT2D eigenvalue weighted by atomic mass is 9.91. The zero-order valence-corrected chi connectivity index (χ0v) is 25.4. The van der Waals surface area contributed by atoms with Gasteiger partial charge in [-0.2, -0.15) is 13.2 Å². The Morgan fingerprint density at radius 3 is 2.32 bits per heavy atom. The number of hydrogen-bond acceptors (Lipinski definition) is 5. The Morgan fingerprint density at radius 1 is 1.02 bits per heavy atom. The number of likely N-dealkylation sites (N-methyl/N-ethyl adjacent to an activating group) is 1. The molecule has 4 amide bonds. The van der Waals surface area contributed by atoms with Gasteiger partial charge in [-0.15, -0.1) is 0 Å². The molecular formula is C32H38F3N5O4. The molecule has 2 atom stereocenters. The summed E-state index contributed by atoms with van der Waals surface area (Å²) in [5.41, 5.74) is 0.230. The van der Waals surface area contributed by atoms with Crippen molar-refractivity contribution in [2.24, 2.45) is 5.92 Å². The van der Waals surface area contributed by atoms with Gasteiger partial charge in [0, 0.05) is 32.7 Å². The highest BCUT2D eigenvalue weighted by molar-refractivity contribution is 6.03. The number of para-hydroxylation sites is 2. The number of carbonyl (C=O) groups is 3. The number of anilines is 1. The molecule has 9 nitrogen and oxygen atoms in total. The number of amides is 4. The molecule has 0 unspecified atom stereocenters. The first-order chi connectivity index (χ1) is 21.0. The number of halogens is 3. The van der Waals surface area contributed by atoms with Gasteiger partial charge in [0.15, 0.2) is 0 Å². The molecule has 0 aromatic heterocycles. The molecule has 0 aliphatic carbocycles. The third-order valence-corrected chi connectivity index (χ3v) is 8.52. The van der Waals surface area contributed by atoms with Gasteiger partial charge in [0.2, 0.25) is 5.91 Å². The van der Waals surface area contributed by atoms with Crippen LogP contribution in [-0.2, 0) is 15.8 Å². The molecule has 3 aliphatic rings. The molecule has 2 aromatic rings. The van der Waals surface area contributed by atoms with Gasteiger partial charge in [0.25, 0.3) is 5.91 Å². The lowest BCUT2D eigenvalue weighted by Gasteiger charge is -2.40. The minimum Gasteiger partial charge on any atom is -0.495 e. The van der Waals surface area contributed by atoms with E-state index in [1.807, 2.05) is 38.1 Å². The number of nitrogens with one attached hydrogen (secondary N) is 1. The standard InChI is InChI=1S/C32H38F3N5O4/c1-5-39-25-19-40(30(42)27(25)28(36-31(39)43)21-10-6-7-11-22(21)32(33,34)35)24(18-20(2)3)29(41)38-16-14-37(15-17-38)23-12-8-9-13-26(23)44-4/h6-13,20,24,28H,5,14-19H2,1-4H3,(H,36,43)/t24-,28-/m1/s1. The van der Waals surface area contributed by atoms with Crippen LogP contribution in [0, 0.1) is 5.92 Å². The van der Waals surface area contributed by atoms with Gasteiger partial charge in [0.05, 0.1) is 42.2 Å². The van der Waals surface area contributed by atoms with E-state index in [2.05, 4.69) is 10.2 Å². The van der Waals surface area contributed by atoms with Crippen molar-refractivity contribution in [2.75, 3.05) is 51.3 Å². The Bertz CT molecular complexity index is 1450. The minimum atomic E-state index is -4.69. The van der Waals surface area contributed by atoms with Crippen LogP contribution in [0.3, 0.4) is 0 Å². The first-order valence-electron chi connectivity index (χ1n) is 14.9. The molecular weight excluding hydrogens is 575 g/mol. The fourth-order valence-corrected chi connectivity index (χ4v) is 6.42. The Balaban J connectivity index is 1.43. The van der Waals surface area contributed by atoms with E-state index in [1.54, 1.807) is 18.9 Å². The maximum Gasteiger partial charge on any atom is 0.416 e. The van der Waals surface area contributed by atoms with Crippen molar-refractivity contribution in [3.05, 3.63) is 70.9 Å². The van der Waals surface area contributed by atoms with Crippen molar-refractivity contribution in [2.45, 2.75) is 45.5 Å². The monoisotopic (exact) mass is 613 g/mol. The molecule has 0 radical (unpaired) electrons. The molecule has 3 heterocycles. The average molecular weight is 614 g/mol. The number of alkyl halides is 3. The summed E-state index contributed by atoms with van der Waals surface area (Å²) < 4.78 is 47.6. The smallest absolute Gasteiger partial charge is 0.416 e. The topological polar surface area (TPSA) is 85.4 Å². The zero-order valence-electron chi connectivity index (χ0n) is 25.4. The normalized spacial score (nSPS) is 19.9. The van der Waals surface area contributed by atoms with E-state index in [9.17, 15) is 27.6 Å². The fourth-order valence-electron chi connectivity index (χ4n) is 6.42. The van der Waals surface area contributed by atoms with Crippen molar-refractivity contribution < 1.29 is 32.3 Å². The van der Waals surface area contributed by atoms with E-state index in [-0.39, 0.29) is 36.1 Å². The molecule has 3 aliphatic heterocycles. The Kier molecular flexibility index (Phi) is 8.80. The van der Waals surface area contributed by atoms with Crippen molar-refractivity contribution in [1.29, 1.82) is 0 Å². The maximum absolute atomic E-state index is 14.2. The van der Waals surface area contributed by atoms with Crippen LogP contribution < -0.4 is 15.0 Å². The van der Waals surface area contributed by atoms with Crippen LogP contribution in [0.2, 0.25) is 0 Å². The summed E-state index contributed by atoms with van der Waals surface area (Å²) in [6, 6.07) is 9.94. The predicted octanol–water partition coefficient (Wildman–Crippen LogP) is 4.66. The molecule has 5 rings (SSSR count). The lowest BCUT2D eigenvalue weighted by molar-refractivity contribution is -0.144. The third-order valence-electron chi connectivity index (χ3n) is 8.52. The molecule has 1 fully saturated rings. The number of ether oxygens (including phenoxy) is 1. The predicted molar refractivity (Wildman–Crippen MR) is 159 cm³/mol. The van der Waals surface area contributed by atoms with Gasteiger partial charge in [0.1, 0.15) is 11.8 Å². The first-order valence-corrected chi connectivity index (χ1v) is 14.9. The number of rotatable bonds is 8. The van der Waals surface area contributed by atoms with Gasteiger partial charge in [-0.25, -0.2) is 4.79 Å². The van der Waals surface area contributed by atoms with Crippen LogP contribution in [0.1, 0.15) is 44.4 Å². The van der Waals surface area contributed by atoms with Gasteiger partial charge in [-0.05, 0) is 43.0 Å². The summed E-state index contributed by atoms with van der Waals surface area (Å²) >= 11 is 0. The lowest BCUT2D eigenvalue weighted by Crippen LogP contribution is -2.56. The summed E-state index contributed by atoms with van der Waals surface area (Å²) in [6.07, 6.45) is -4.32. The number of carbonyl (C=O) groups excluding carboxylic acids is 3. The molecule has 44 heavy (non-hydrogen) atoms. The quantitative estimate of drug-likeness (QED) is 0.468. The summed E-state index contributed by atoms with van der Waals surface area (Å²) in [5, 5.41) is 2.64. The zero-order chi connectivity index (χ0) is 31.8. The van der Waals surface area contributed by atoms with Gasteiger partial charge in [-0.1, -0.05) is 44.2 Å². The summed E-state index contributed by atoms with van der Waals surface area (Å²) in [7, 11) is 1.62. The van der Waals surface area contributed by atoms with Crippen LogP contribution in [0.4, 0.5) is 23.7 Å². The van der Waals surface area contributed by atoms with Crippen LogP contribution in [0.25, 0.3) is 0 Å². The molecule has 0 spiro atoms. The molecule has 0 saturated carbocycles. The van der Waals surface area contributed by atoms with Gasteiger partial charge < -0.3 is 24.8 Å². The highest BCUT2D eigenvalue weighted by atomic mass is 19.4. The van der Waals surface area contributed by atoms with Gasteiger partial charge in [-0.3, -0.25) is 14.5 Å². The fraction of sp³-hybridized carbons (Fsp3) is 0.469. The van der Waals surface area contributed by atoms with E-state index in [0.717, 1.165) is 17.5 Å². The van der Waals surface area contributed by atoms with Crippen LogP contribution in [0.5, 0.6) is 5.75 Å². The highest BCUT2D eigenvalue weighted by Gasteiger charge is 2.49. The highest BCUT2D eigenvalue weighted by Crippen LogP contribution is 2.42. The van der Waals surface area contributed by atoms with Crippen LogP contribution in [-0.4, -0.2) is 85.0 Å². The number of piperazine rings is 1. The summed E-state index contributed by atoms with van der Waals surface area (Å²) in [4.78, 5) is 48.2. The molecule has 0 bridgehead atoms. The van der Waals surface area contributed by atoms with Crippen molar-refractivity contribution >= 4 is 23.5 Å². The van der Waals surface area contributed by atoms with Crippen LogP contribution in [0.15, 0.2) is 59.8 Å². The SMILES string of the molecule is CCN1C(=O)N[C@H](c2ccccc2C(F)(F)F)C2=C1CN([C@H](CC(C)C)C(=O)N1CCN(c3ccccc3OC)CC1)C2=O. The molecule has 2 aromatic carbocycles. The number of methoxy groups -OCH3 is 1. The Hall–Kier alpha value is -4.22. The number of hydrogen-bond donors (Lipinski definition) is 1. The average Bonchev–Trinajstić information content (AvgIpc) is 3.35. The maximum atomic E-state index is 14.2. The van der Waals surface area contributed by atoms with Gasteiger partial charge >= 0.3 is 12.2 Å². The first kappa shape index (κ1) is 31.2. The second-order valence-electron chi connectivity index (χ2n) is 11.6. The molecule has 12 heteroatoms. The van der Waals surface area contributed by atoms with Crippen molar-refractivity contribution in [3.8, 4) is 5.75 Å². The number of benzene rings is 2. The molecule has 1 N–H and O–H groups in total. The second-order valence-corrected chi connectivity index (χ2v) is 11.6. The minimum absolute atomic E-state index is 0.0373. The molecule has 1 saturated heterocycles. The Labute approximate surface area is 255 Å². The number of nitrogens with zero attached hydrogens (tertiary/aromatic N) is 4. The largest absolute Gasteiger partial charge is 0.495 e. The van der Waals surface area contributed by atoms with Crippen molar-refractivity contribution in [1.82, 2.24) is 20.0 Å². The molecule has 236 valence electrons. The summed E-state index contributed by atoms with van der Waals surface area (Å²) in [6.45, 7) is 7.84. The second kappa shape index (κ2) is 12.4. The van der Waals surface area contributed by atoms with Crippen molar-refractivity contribution in [3.63, 3.8) is 0 Å².